The van der Waals surface area contributed by atoms with E-state index in [2.05, 4.69) is 15.2 Å². The van der Waals surface area contributed by atoms with Crippen molar-refractivity contribution in [2.75, 3.05) is 19.7 Å². The highest BCUT2D eigenvalue weighted by atomic mass is 32.1. The Hall–Kier alpha value is -1.86. The van der Waals surface area contributed by atoms with Gasteiger partial charge in [-0.05, 0) is 38.4 Å². The van der Waals surface area contributed by atoms with E-state index in [0.29, 0.717) is 6.61 Å². The van der Waals surface area contributed by atoms with Crippen LogP contribution in [0.15, 0.2) is 29.0 Å². The second kappa shape index (κ2) is 7.61. The van der Waals surface area contributed by atoms with Gasteiger partial charge in [-0.2, -0.15) is 0 Å². The van der Waals surface area contributed by atoms with Gasteiger partial charge in [0.25, 0.3) is 0 Å². The van der Waals surface area contributed by atoms with Crippen molar-refractivity contribution in [2.45, 2.75) is 32.4 Å². The summed E-state index contributed by atoms with van der Waals surface area (Å²) in [5, 5.41) is 3.84. The van der Waals surface area contributed by atoms with Gasteiger partial charge in [-0.1, -0.05) is 0 Å². The molecule has 3 heterocycles. The number of amides is 1. The van der Waals surface area contributed by atoms with Crippen LogP contribution in [0.4, 0.5) is 4.79 Å². The summed E-state index contributed by atoms with van der Waals surface area (Å²) in [7, 11) is 0. The maximum absolute atomic E-state index is 11.5. The molecule has 3 rings (SSSR count). The Balaban J connectivity index is 1.54. The normalized spacial score (nSPS) is 18.7. The lowest BCUT2D eigenvalue weighted by molar-refractivity contribution is 0.133. The number of piperidine rings is 1. The first kappa shape index (κ1) is 16.0. The zero-order valence-electron chi connectivity index (χ0n) is 13.2. The van der Waals surface area contributed by atoms with E-state index < -0.39 is 0 Å². The van der Waals surface area contributed by atoms with Gasteiger partial charge in [0.1, 0.15) is 0 Å². The highest BCUT2D eigenvalue weighted by Gasteiger charge is 2.22. The first-order valence-corrected chi connectivity index (χ1v) is 8.70. The van der Waals surface area contributed by atoms with Crippen LogP contribution in [0.1, 0.15) is 24.6 Å². The molecule has 1 amide bonds. The van der Waals surface area contributed by atoms with Crippen molar-refractivity contribution >= 4 is 17.4 Å². The molecule has 0 saturated carbocycles. The lowest BCUT2D eigenvalue weighted by atomic mass is 10.1. The van der Waals surface area contributed by atoms with Gasteiger partial charge in [0.15, 0.2) is 10.8 Å². The van der Waals surface area contributed by atoms with Crippen molar-refractivity contribution in [1.29, 1.82) is 0 Å². The first-order chi connectivity index (χ1) is 11.2. The number of aromatic nitrogens is 1. The Morgan fingerprint density at radius 1 is 1.61 bits per heavy atom. The molecule has 1 aliphatic heterocycles. The number of furan rings is 1. The molecule has 124 valence electrons. The molecule has 23 heavy (non-hydrogen) atoms. The number of nitrogens with zero attached hydrogens (tertiary/aromatic N) is 2. The molecule has 0 spiro atoms. The second-order valence-corrected chi connectivity index (χ2v) is 6.66. The molecule has 6 nitrogen and oxygen atoms in total. The summed E-state index contributed by atoms with van der Waals surface area (Å²) in [6, 6.07) is 3.94. The average molecular weight is 335 g/mol. The number of carbonyl (C=O) groups is 1. The Morgan fingerprint density at radius 3 is 3.30 bits per heavy atom. The molecule has 1 fully saturated rings. The van der Waals surface area contributed by atoms with Crippen molar-refractivity contribution < 1.29 is 13.9 Å². The molecule has 1 aliphatic rings. The Kier molecular flexibility index (Phi) is 5.30. The summed E-state index contributed by atoms with van der Waals surface area (Å²) in [5.41, 5.74) is 0. The number of hydrogen-bond acceptors (Lipinski definition) is 6. The molecule has 2 aromatic rings. The molecule has 2 aromatic heterocycles. The van der Waals surface area contributed by atoms with E-state index >= 15 is 0 Å². The summed E-state index contributed by atoms with van der Waals surface area (Å²) in [4.78, 5) is 19.5. The monoisotopic (exact) mass is 335 g/mol. The molecule has 0 aromatic carbocycles. The lowest BCUT2D eigenvalue weighted by Crippen LogP contribution is -2.47. The van der Waals surface area contributed by atoms with Crippen LogP contribution >= 0.6 is 11.3 Å². The van der Waals surface area contributed by atoms with Crippen LogP contribution in [0, 0.1) is 0 Å². The van der Waals surface area contributed by atoms with Crippen molar-refractivity contribution in [3.63, 3.8) is 0 Å². The van der Waals surface area contributed by atoms with Crippen molar-refractivity contribution in [3.8, 4) is 10.8 Å². The third-order valence-corrected chi connectivity index (χ3v) is 4.76. The number of likely N-dealkylation sites (tertiary alicyclic amines) is 1. The smallest absolute Gasteiger partial charge is 0.407 e. The maximum atomic E-state index is 11.5. The molecule has 0 bridgehead atoms. The number of rotatable bonds is 5. The number of nitrogens with one attached hydrogen (secondary N) is 1. The van der Waals surface area contributed by atoms with Crippen LogP contribution in [0.5, 0.6) is 0 Å². The SMILES string of the molecule is CCOC(=O)N[C@H]1CCCN(Cc2cnc(-c3ccco3)s2)C1. The average Bonchev–Trinajstić information content (AvgIpc) is 3.18. The van der Waals surface area contributed by atoms with Gasteiger partial charge in [-0.15, -0.1) is 11.3 Å². The van der Waals surface area contributed by atoms with Crippen LogP contribution < -0.4 is 5.32 Å². The maximum Gasteiger partial charge on any atom is 0.407 e. The van der Waals surface area contributed by atoms with Gasteiger partial charge in [-0.25, -0.2) is 9.78 Å². The molecule has 1 atom stereocenters. The number of alkyl carbamates (subject to hydrolysis) is 1. The minimum absolute atomic E-state index is 0.153. The minimum atomic E-state index is -0.322. The van der Waals surface area contributed by atoms with Gasteiger partial charge in [0.05, 0.1) is 12.9 Å². The van der Waals surface area contributed by atoms with Gasteiger partial charge in [0, 0.05) is 30.2 Å². The van der Waals surface area contributed by atoms with E-state index in [1.807, 2.05) is 25.3 Å². The number of thiazole rings is 1. The summed E-state index contributed by atoms with van der Waals surface area (Å²) < 4.78 is 10.3. The van der Waals surface area contributed by atoms with Gasteiger partial charge >= 0.3 is 6.09 Å². The van der Waals surface area contributed by atoms with Gasteiger partial charge < -0.3 is 14.5 Å². The van der Waals surface area contributed by atoms with E-state index in [4.69, 9.17) is 9.15 Å². The number of carbonyl (C=O) groups excluding carboxylic acids is 1. The summed E-state index contributed by atoms with van der Waals surface area (Å²) in [5.74, 6) is 0.807. The summed E-state index contributed by atoms with van der Waals surface area (Å²) >= 11 is 1.65. The predicted octanol–water partition coefficient (Wildman–Crippen LogP) is 3.11. The Morgan fingerprint density at radius 2 is 2.52 bits per heavy atom. The van der Waals surface area contributed by atoms with E-state index in [1.165, 1.54) is 4.88 Å². The summed E-state index contributed by atoms with van der Waals surface area (Å²) in [6.07, 6.45) is 5.31. The Bertz CT molecular complexity index is 626. The fraction of sp³-hybridized carbons (Fsp3) is 0.500. The molecule has 7 heteroatoms. The molecule has 1 saturated heterocycles. The van der Waals surface area contributed by atoms with Crippen LogP contribution in [-0.4, -0.2) is 41.7 Å². The molecule has 0 unspecified atom stereocenters. The molecule has 0 radical (unpaired) electrons. The first-order valence-electron chi connectivity index (χ1n) is 7.89. The van der Waals surface area contributed by atoms with Crippen LogP contribution in [-0.2, 0) is 11.3 Å². The fourth-order valence-corrected chi connectivity index (χ4v) is 3.69. The standard InChI is InChI=1S/C16H21N3O3S/c1-2-21-16(20)18-12-5-3-7-19(10-12)11-13-9-17-15(23-13)14-6-4-8-22-14/h4,6,8-9,12H,2-3,5,7,10-11H2,1H3,(H,18,20)/t12-/m0/s1. The van der Waals surface area contributed by atoms with E-state index in [9.17, 15) is 4.79 Å². The van der Waals surface area contributed by atoms with Crippen LogP contribution in [0.2, 0.25) is 0 Å². The number of hydrogen-bond donors (Lipinski definition) is 1. The third-order valence-electron chi connectivity index (χ3n) is 3.77. The summed E-state index contributed by atoms with van der Waals surface area (Å²) in [6.45, 7) is 4.94. The van der Waals surface area contributed by atoms with Gasteiger partial charge in [0.2, 0.25) is 0 Å². The largest absolute Gasteiger partial charge is 0.462 e. The topological polar surface area (TPSA) is 67.6 Å². The van der Waals surface area contributed by atoms with Gasteiger partial charge in [-0.3, -0.25) is 4.90 Å². The highest BCUT2D eigenvalue weighted by Crippen LogP contribution is 2.26. The van der Waals surface area contributed by atoms with Crippen molar-refractivity contribution in [2.24, 2.45) is 0 Å². The third kappa shape index (κ3) is 4.33. The van der Waals surface area contributed by atoms with Crippen molar-refractivity contribution in [1.82, 2.24) is 15.2 Å². The highest BCUT2D eigenvalue weighted by molar-refractivity contribution is 7.14. The zero-order chi connectivity index (χ0) is 16.1. The molecule has 0 aliphatic carbocycles. The number of ether oxygens (including phenoxy) is 1. The lowest BCUT2D eigenvalue weighted by Gasteiger charge is -2.32. The molecular weight excluding hydrogens is 314 g/mol. The zero-order valence-corrected chi connectivity index (χ0v) is 14.0. The second-order valence-electron chi connectivity index (χ2n) is 5.55. The predicted molar refractivity (Wildman–Crippen MR) is 88.3 cm³/mol. The van der Waals surface area contributed by atoms with E-state index in [-0.39, 0.29) is 12.1 Å². The minimum Gasteiger partial charge on any atom is -0.462 e. The van der Waals surface area contributed by atoms with E-state index in [0.717, 1.165) is 43.2 Å². The quantitative estimate of drug-likeness (QED) is 0.909. The molecular formula is C16H21N3O3S. The van der Waals surface area contributed by atoms with Crippen LogP contribution in [0.25, 0.3) is 10.8 Å². The fourth-order valence-electron chi connectivity index (χ4n) is 2.77. The molecule has 1 N–H and O–H groups in total. The van der Waals surface area contributed by atoms with Crippen molar-refractivity contribution in [3.05, 3.63) is 29.5 Å². The Labute approximate surface area is 139 Å². The van der Waals surface area contributed by atoms with E-state index in [1.54, 1.807) is 17.6 Å². The van der Waals surface area contributed by atoms with Crippen LogP contribution in [0.3, 0.4) is 0 Å².